The van der Waals surface area contributed by atoms with Crippen LogP contribution in [-0.4, -0.2) is 27.1 Å². The van der Waals surface area contributed by atoms with Crippen LogP contribution >= 0.6 is 0 Å². The maximum Gasteiger partial charge on any atom is 0.154 e. The summed E-state index contributed by atoms with van der Waals surface area (Å²) in [5, 5.41) is 0. The zero-order chi connectivity index (χ0) is 9.82. The van der Waals surface area contributed by atoms with Crippen LogP contribution < -0.4 is 5.73 Å². The molecular formula is C9H23NO2. The smallest absolute Gasteiger partial charge is 0.154 e. The fourth-order valence-electron chi connectivity index (χ4n) is 0.491. The quantitative estimate of drug-likeness (QED) is 0.514. The van der Waals surface area contributed by atoms with Crippen molar-refractivity contribution >= 4 is 0 Å². The third-order valence-corrected chi connectivity index (χ3v) is 1.47. The van der Waals surface area contributed by atoms with E-state index in [4.69, 9.17) is 5.73 Å². The Labute approximate surface area is 76.2 Å². The molecule has 76 valence electrons. The lowest BCUT2D eigenvalue weighted by Crippen LogP contribution is -2.05. The van der Waals surface area contributed by atoms with Gasteiger partial charge in [-0.2, -0.15) is 0 Å². The number of methoxy groups -OCH3 is 2. The number of unbranched alkanes of at least 4 members (excludes halogenated alkanes) is 2. The second kappa shape index (κ2) is 13.5. The van der Waals surface area contributed by atoms with Gasteiger partial charge in [-0.1, -0.05) is 19.8 Å². The molecule has 0 aliphatic carbocycles. The van der Waals surface area contributed by atoms with Crippen LogP contribution in [0.15, 0.2) is 0 Å². The minimum absolute atomic E-state index is 0.0648. The number of hydrogen-bond acceptors (Lipinski definition) is 3. The molecule has 0 aliphatic heterocycles. The van der Waals surface area contributed by atoms with Gasteiger partial charge in [0.15, 0.2) is 6.29 Å². The standard InChI is InChI=1S/C5H13N.C4H10O2/c1-2-3-4-5-6;1-4(5-2)6-3/h2-6H2,1H3;4H,1-3H3. The topological polar surface area (TPSA) is 44.5 Å². The molecule has 0 saturated heterocycles. The Morgan fingerprint density at radius 3 is 1.75 bits per heavy atom. The van der Waals surface area contributed by atoms with E-state index in [9.17, 15) is 0 Å². The van der Waals surface area contributed by atoms with Crippen molar-refractivity contribution in [1.82, 2.24) is 0 Å². The Hall–Kier alpha value is -0.120. The van der Waals surface area contributed by atoms with Gasteiger partial charge in [0.25, 0.3) is 0 Å². The molecule has 2 N–H and O–H groups in total. The first-order valence-corrected chi connectivity index (χ1v) is 4.48. The van der Waals surface area contributed by atoms with Gasteiger partial charge in [0.1, 0.15) is 0 Å². The average molecular weight is 177 g/mol. The van der Waals surface area contributed by atoms with Crippen molar-refractivity contribution in [2.24, 2.45) is 5.73 Å². The van der Waals surface area contributed by atoms with Crippen molar-refractivity contribution in [2.75, 3.05) is 20.8 Å². The summed E-state index contributed by atoms with van der Waals surface area (Å²) in [5.41, 5.74) is 5.21. The molecule has 3 heteroatoms. The highest BCUT2D eigenvalue weighted by Gasteiger charge is 1.87. The maximum absolute atomic E-state index is 5.21. The summed E-state index contributed by atoms with van der Waals surface area (Å²) in [6.45, 7) is 4.86. The summed E-state index contributed by atoms with van der Waals surface area (Å²) >= 11 is 0. The highest BCUT2D eigenvalue weighted by Crippen LogP contribution is 1.88. The summed E-state index contributed by atoms with van der Waals surface area (Å²) in [4.78, 5) is 0. The second-order valence-electron chi connectivity index (χ2n) is 2.53. The Kier molecular flexibility index (Phi) is 16.2. The molecule has 0 heterocycles. The van der Waals surface area contributed by atoms with E-state index in [0.29, 0.717) is 0 Å². The molecule has 0 amide bonds. The zero-order valence-electron chi connectivity index (χ0n) is 8.80. The number of hydrogen-bond donors (Lipinski definition) is 1. The van der Waals surface area contributed by atoms with E-state index >= 15 is 0 Å². The van der Waals surface area contributed by atoms with Crippen LogP contribution in [0.3, 0.4) is 0 Å². The third-order valence-electron chi connectivity index (χ3n) is 1.47. The van der Waals surface area contributed by atoms with Crippen molar-refractivity contribution in [3.8, 4) is 0 Å². The largest absolute Gasteiger partial charge is 0.356 e. The Morgan fingerprint density at radius 2 is 1.67 bits per heavy atom. The Balaban J connectivity index is 0. The molecule has 0 aromatic carbocycles. The highest BCUT2D eigenvalue weighted by molar-refractivity contribution is 4.34. The van der Waals surface area contributed by atoms with Gasteiger partial charge in [0.2, 0.25) is 0 Å². The van der Waals surface area contributed by atoms with Crippen LogP contribution in [0.5, 0.6) is 0 Å². The molecular weight excluding hydrogens is 154 g/mol. The first-order chi connectivity index (χ1) is 5.72. The summed E-state index contributed by atoms with van der Waals surface area (Å²) in [6, 6.07) is 0. The fraction of sp³-hybridized carbons (Fsp3) is 1.00. The molecule has 0 saturated carbocycles. The van der Waals surface area contributed by atoms with Crippen molar-refractivity contribution in [1.29, 1.82) is 0 Å². The predicted molar refractivity (Wildman–Crippen MR) is 52.1 cm³/mol. The van der Waals surface area contributed by atoms with E-state index in [0.717, 1.165) is 6.54 Å². The molecule has 12 heavy (non-hydrogen) atoms. The van der Waals surface area contributed by atoms with Crippen LogP contribution in [0, 0.1) is 0 Å². The maximum atomic E-state index is 5.21. The summed E-state index contributed by atoms with van der Waals surface area (Å²) in [7, 11) is 3.21. The summed E-state index contributed by atoms with van der Waals surface area (Å²) < 4.78 is 9.35. The van der Waals surface area contributed by atoms with Gasteiger partial charge in [0.05, 0.1) is 0 Å². The van der Waals surface area contributed by atoms with Gasteiger partial charge in [0, 0.05) is 14.2 Å². The lowest BCUT2D eigenvalue weighted by Gasteiger charge is -2.03. The summed E-state index contributed by atoms with van der Waals surface area (Å²) in [6.07, 6.45) is 3.69. The second-order valence-corrected chi connectivity index (χ2v) is 2.53. The van der Waals surface area contributed by atoms with Crippen LogP contribution in [0.25, 0.3) is 0 Å². The zero-order valence-corrected chi connectivity index (χ0v) is 8.80. The van der Waals surface area contributed by atoms with Gasteiger partial charge in [-0.25, -0.2) is 0 Å². The van der Waals surface area contributed by atoms with Gasteiger partial charge < -0.3 is 15.2 Å². The molecule has 0 fully saturated rings. The lowest BCUT2D eigenvalue weighted by molar-refractivity contribution is -0.0877. The van der Waals surface area contributed by atoms with E-state index in [1.165, 1.54) is 19.3 Å². The van der Waals surface area contributed by atoms with Crippen molar-refractivity contribution in [3.05, 3.63) is 0 Å². The van der Waals surface area contributed by atoms with E-state index in [-0.39, 0.29) is 6.29 Å². The van der Waals surface area contributed by atoms with E-state index < -0.39 is 0 Å². The first-order valence-electron chi connectivity index (χ1n) is 4.48. The predicted octanol–water partition coefficient (Wildman–Crippen LogP) is 1.76. The molecule has 0 radical (unpaired) electrons. The van der Waals surface area contributed by atoms with Crippen molar-refractivity contribution in [3.63, 3.8) is 0 Å². The SMILES string of the molecule is CCCCCN.COC(C)OC. The van der Waals surface area contributed by atoms with Gasteiger partial charge in [-0.05, 0) is 19.9 Å². The van der Waals surface area contributed by atoms with Gasteiger partial charge in [-0.3, -0.25) is 0 Å². The minimum atomic E-state index is -0.0648. The third kappa shape index (κ3) is 16.5. The van der Waals surface area contributed by atoms with Crippen LogP contribution in [0.2, 0.25) is 0 Å². The molecule has 0 bridgehead atoms. The van der Waals surface area contributed by atoms with Crippen molar-refractivity contribution < 1.29 is 9.47 Å². The van der Waals surface area contributed by atoms with Gasteiger partial charge in [-0.15, -0.1) is 0 Å². The summed E-state index contributed by atoms with van der Waals surface area (Å²) in [5.74, 6) is 0. The molecule has 3 nitrogen and oxygen atoms in total. The molecule has 0 aromatic rings. The highest BCUT2D eigenvalue weighted by atomic mass is 16.7. The number of nitrogens with two attached hydrogens (primary N) is 1. The molecule has 0 aliphatic rings. The molecule has 0 unspecified atom stereocenters. The van der Waals surface area contributed by atoms with E-state index in [2.05, 4.69) is 16.4 Å². The van der Waals surface area contributed by atoms with Crippen LogP contribution in [0.4, 0.5) is 0 Å². The Bertz CT molecular complexity index is 61.5. The normalized spacial score (nSPS) is 9.50. The first kappa shape index (κ1) is 14.4. The lowest BCUT2D eigenvalue weighted by atomic mass is 10.3. The number of rotatable bonds is 5. The molecule has 0 atom stereocenters. The minimum Gasteiger partial charge on any atom is -0.356 e. The van der Waals surface area contributed by atoms with Crippen LogP contribution in [-0.2, 0) is 9.47 Å². The van der Waals surface area contributed by atoms with Crippen molar-refractivity contribution in [2.45, 2.75) is 39.4 Å². The monoisotopic (exact) mass is 177 g/mol. The molecule has 0 rings (SSSR count). The number of ether oxygens (including phenoxy) is 2. The molecule has 0 spiro atoms. The fourth-order valence-corrected chi connectivity index (χ4v) is 0.491. The van der Waals surface area contributed by atoms with E-state index in [1.807, 2.05) is 6.92 Å². The average Bonchev–Trinajstić information content (AvgIpc) is 2.14. The Morgan fingerprint density at radius 1 is 1.17 bits per heavy atom. The van der Waals surface area contributed by atoms with Gasteiger partial charge >= 0.3 is 0 Å². The molecule has 0 aromatic heterocycles. The van der Waals surface area contributed by atoms with E-state index in [1.54, 1.807) is 14.2 Å². The van der Waals surface area contributed by atoms with Crippen LogP contribution in [0.1, 0.15) is 33.1 Å².